The predicted molar refractivity (Wildman–Crippen MR) is 93.6 cm³/mol. The van der Waals surface area contributed by atoms with Crippen LogP contribution in [0.25, 0.3) is 0 Å². The lowest BCUT2D eigenvalue weighted by molar-refractivity contribution is -0.182. The van der Waals surface area contributed by atoms with Gasteiger partial charge in [0.2, 0.25) is 0 Å². The van der Waals surface area contributed by atoms with E-state index in [-0.39, 0.29) is 30.1 Å². The SMILES string of the molecule is CN=C(NCC1(c2ccccc2F)CC1)NC1CCC(C(F)(F)F)CC1. The summed E-state index contributed by atoms with van der Waals surface area (Å²) in [4.78, 5) is 4.18. The van der Waals surface area contributed by atoms with Gasteiger partial charge in [-0.3, -0.25) is 4.99 Å². The van der Waals surface area contributed by atoms with E-state index < -0.39 is 12.1 Å². The molecule has 0 unspecified atom stereocenters. The number of nitrogens with one attached hydrogen (secondary N) is 2. The highest BCUT2D eigenvalue weighted by Crippen LogP contribution is 2.48. The Morgan fingerprint density at radius 3 is 2.35 bits per heavy atom. The Morgan fingerprint density at radius 1 is 1.15 bits per heavy atom. The Hall–Kier alpha value is -1.79. The maximum atomic E-state index is 14.1. The van der Waals surface area contributed by atoms with Gasteiger partial charge >= 0.3 is 6.18 Å². The highest BCUT2D eigenvalue weighted by atomic mass is 19.4. The molecule has 7 heteroatoms. The van der Waals surface area contributed by atoms with Gasteiger partial charge in [-0.15, -0.1) is 0 Å². The Balaban J connectivity index is 1.51. The molecule has 0 saturated heterocycles. The molecule has 2 N–H and O–H groups in total. The first-order valence-corrected chi connectivity index (χ1v) is 9.13. The molecule has 0 radical (unpaired) electrons. The summed E-state index contributed by atoms with van der Waals surface area (Å²) < 4.78 is 52.4. The highest BCUT2D eigenvalue weighted by Gasteiger charge is 2.46. The summed E-state index contributed by atoms with van der Waals surface area (Å²) in [6.45, 7) is 0.561. The molecule has 1 aromatic carbocycles. The fraction of sp³-hybridized carbons (Fsp3) is 0.632. The van der Waals surface area contributed by atoms with Crippen molar-refractivity contribution in [2.75, 3.05) is 13.6 Å². The van der Waals surface area contributed by atoms with E-state index >= 15 is 0 Å². The van der Waals surface area contributed by atoms with Crippen LogP contribution in [-0.2, 0) is 5.41 Å². The second-order valence-electron chi connectivity index (χ2n) is 7.42. The first kappa shape index (κ1) is 19.0. The van der Waals surface area contributed by atoms with Gasteiger partial charge in [0.05, 0.1) is 5.92 Å². The zero-order valence-corrected chi connectivity index (χ0v) is 14.9. The molecular weight excluding hydrogens is 346 g/mol. The highest BCUT2D eigenvalue weighted by molar-refractivity contribution is 5.80. The third-order valence-corrected chi connectivity index (χ3v) is 5.65. The molecule has 0 spiro atoms. The van der Waals surface area contributed by atoms with E-state index in [9.17, 15) is 17.6 Å². The topological polar surface area (TPSA) is 36.4 Å². The van der Waals surface area contributed by atoms with Crippen LogP contribution in [0.15, 0.2) is 29.3 Å². The predicted octanol–water partition coefficient (Wildman–Crippen LogP) is 4.14. The van der Waals surface area contributed by atoms with Crippen LogP contribution >= 0.6 is 0 Å². The smallest absolute Gasteiger partial charge is 0.356 e. The van der Waals surface area contributed by atoms with Gasteiger partial charge < -0.3 is 10.6 Å². The molecule has 2 saturated carbocycles. The van der Waals surface area contributed by atoms with Crippen LogP contribution in [0, 0.1) is 11.7 Å². The van der Waals surface area contributed by atoms with E-state index in [1.165, 1.54) is 6.07 Å². The maximum absolute atomic E-state index is 14.1. The second kappa shape index (κ2) is 7.45. The molecule has 0 atom stereocenters. The molecular formula is C19H25F4N3. The number of rotatable bonds is 4. The van der Waals surface area contributed by atoms with E-state index in [1.807, 2.05) is 12.1 Å². The molecule has 2 aliphatic carbocycles. The van der Waals surface area contributed by atoms with Gasteiger partial charge in [0.1, 0.15) is 5.82 Å². The number of halogens is 4. The van der Waals surface area contributed by atoms with Crippen LogP contribution in [0.4, 0.5) is 17.6 Å². The van der Waals surface area contributed by atoms with Crippen molar-refractivity contribution in [2.24, 2.45) is 10.9 Å². The Kier molecular flexibility index (Phi) is 5.44. The Bertz CT molecular complexity index is 644. The van der Waals surface area contributed by atoms with Crippen molar-refractivity contribution in [1.29, 1.82) is 0 Å². The van der Waals surface area contributed by atoms with Gasteiger partial charge in [-0.2, -0.15) is 13.2 Å². The lowest BCUT2D eigenvalue weighted by Crippen LogP contribution is -2.47. The van der Waals surface area contributed by atoms with E-state index in [4.69, 9.17) is 0 Å². The third-order valence-electron chi connectivity index (χ3n) is 5.65. The van der Waals surface area contributed by atoms with Crippen LogP contribution in [0.2, 0.25) is 0 Å². The van der Waals surface area contributed by atoms with Crippen LogP contribution in [0.5, 0.6) is 0 Å². The molecule has 0 bridgehead atoms. The zero-order valence-electron chi connectivity index (χ0n) is 14.9. The molecule has 2 aliphatic rings. The molecule has 3 rings (SSSR count). The Labute approximate surface area is 151 Å². The maximum Gasteiger partial charge on any atom is 0.391 e. The number of aliphatic imine (C=N–C) groups is 1. The molecule has 3 nitrogen and oxygen atoms in total. The lowest BCUT2D eigenvalue weighted by Gasteiger charge is -2.31. The van der Waals surface area contributed by atoms with Crippen LogP contribution < -0.4 is 10.6 Å². The molecule has 26 heavy (non-hydrogen) atoms. The molecule has 0 heterocycles. The lowest BCUT2D eigenvalue weighted by atomic mass is 9.85. The minimum atomic E-state index is -4.09. The van der Waals surface area contributed by atoms with Crippen LogP contribution in [0.1, 0.15) is 44.1 Å². The van der Waals surface area contributed by atoms with Gasteiger partial charge in [-0.05, 0) is 50.2 Å². The largest absolute Gasteiger partial charge is 0.391 e. The summed E-state index contributed by atoms with van der Waals surface area (Å²) in [6, 6.07) is 6.80. The van der Waals surface area contributed by atoms with Crippen molar-refractivity contribution in [3.05, 3.63) is 35.6 Å². The van der Waals surface area contributed by atoms with Gasteiger partial charge in [-0.25, -0.2) is 4.39 Å². The average Bonchev–Trinajstić information content (AvgIpc) is 3.39. The number of hydrogen-bond donors (Lipinski definition) is 2. The van der Waals surface area contributed by atoms with Crippen molar-refractivity contribution in [2.45, 2.75) is 56.2 Å². The summed E-state index contributed by atoms with van der Waals surface area (Å²) >= 11 is 0. The molecule has 0 amide bonds. The van der Waals surface area contributed by atoms with Gasteiger partial charge in [-0.1, -0.05) is 18.2 Å². The van der Waals surface area contributed by atoms with Crippen molar-refractivity contribution < 1.29 is 17.6 Å². The van der Waals surface area contributed by atoms with Crippen LogP contribution in [0.3, 0.4) is 0 Å². The fourth-order valence-electron chi connectivity index (χ4n) is 3.79. The van der Waals surface area contributed by atoms with Crippen molar-refractivity contribution in [1.82, 2.24) is 10.6 Å². The summed E-state index contributed by atoms with van der Waals surface area (Å²) in [5, 5.41) is 6.46. The summed E-state index contributed by atoms with van der Waals surface area (Å²) in [5.74, 6) is -0.811. The zero-order chi connectivity index (χ0) is 18.8. The van der Waals surface area contributed by atoms with E-state index in [1.54, 1.807) is 13.1 Å². The summed E-state index contributed by atoms with van der Waals surface area (Å²) in [5.41, 5.74) is 0.505. The van der Waals surface area contributed by atoms with E-state index in [0.29, 0.717) is 30.9 Å². The van der Waals surface area contributed by atoms with Gasteiger partial charge in [0.25, 0.3) is 0 Å². The number of guanidine groups is 1. The first-order chi connectivity index (χ1) is 12.3. The molecule has 1 aromatic rings. The number of benzene rings is 1. The fourth-order valence-corrected chi connectivity index (χ4v) is 3.79. The third kappa shape index (κ3) is 4.30. The summed E-state index contributed by atoms with van der Waals surface area (Å²) in [6.07, 6.45) is -1.02. The standard InChI is InChI=1S/C19H25F4N3/c1-24-17(26-14-8-6-13(7-9-14)19(21,22)23)25-12-18(10-11-18)15-4-2-3-5-16(15)20/h2-5,13-14H,6-12H2,1H3,(H2,24,25,26). The second-order valence-corrected chi connectivity index (χ2v) is 7.42. The van der Waals surface area contributed by atoms with Crippen molar-refractivity contribution in [3.63, 3.8) is 0 Å². The molecule has 0 aromatic heterocycles. The van der Waals surface area contributed by atoms with Gasteiger partial charge in [0, 0.05) is 25.0 Å². The normalized spacial score (nSPS) is 25.7. The molecule has 144 valence electrons. The van der Waals surface area contributed by atoms with Gasteiger partial charge in [0.15, 0.2) is 5.96 Å². The quantitative estimate of drug-likeness (QED) is 0.474. The molecule has 0 aliphatic heterocycles. The number of nitrogens with zero attached hydrogens (tertiary/aromatic N) is 1. The van der Waals surface area contributed by atoms with E-state index in [0.717, 1.165) is 12.8 Å². The average molecular weight is 371 g/mol. The number of hydrogen-bond acceptors (Lipinski definition) is 1. The number of alkyl halides is 3. The molecule has 2 fully saturated rings. The summed E-state index contributed by atoms with van der Waals surface area (Å²) in [7, 11) is 1.64. The van der Waals surface area contributed by atoms with Crippen LogP contribution in [-0.4, -0.2) is 31.8 Å². The van der Waals surface area contributed by atoms with Crippen molar-refractivity contribution in [3.8, 4) is 0 Å². The minimum Gasteiger partial charge on any atom is -0.356 e. The van der Waals surface area contributed by atoms with E-state index in [2.05, 4.69) is 15.6 Å². The Morgan fingerprint density at radius 2 is 1.81 bits per heavy atom. The van der Waals surface area contributed by atoms with Crippen molar-refractivity contribution >= 4 is 5.96 Å². The minimum absolute atomic E-state index is 0.0107. The monoisotopic (exact) mass is 371 g/mol. The first-order valence-electron chi connectivity index (χ1n) is 9.13.